The molecule has 0 spiro atoms. The quantitative estimate of drug-likeness (QED) is 0.679. The van der Waals surface area contributed by atoms with Crippen molar-refractivity contribution >= 4 is 17.6 Å². The van der Waals surface area contributed by atoms with Crippen LogP contribution in [0, 0.1) is 0 Å². The summed E-state index contributed by atoms with van der Waals surface area (Å²) in [4.78, 5) is 23.7. The van der Waals surface area contributed by atoms with Gasteiger partial charge in [-0.05, 0) is 31.0 Å². The molecule has 8 heteroatoms. The van der Waals surface area contributed by atoms with Crippen molar-refractivity contribution in [2.24, 2.45) is 0 Å². The average molecular weight is 407 g/mol. The number of ether oxygens (including phenoxy) is 2. The van der Waals surface area contributed by atoms with Gasteiger partial charge in [-0.1, -0.05) is 11.6 Å². The zero-order valence-electron chi connectivity index (χ0n) is 15.7. The van der Waals surface area contributed by atoms with Crippen molar-refractivity contribution in [1.29, 1.82) is 0 Å². The topological polar surface area (TPSA) is 81.0 Å². The Morgan fingerprint density at radius 2 is 1.96 bits per heavy atom. The monoisotopic (exact) mass is 406 g/mol. The van der Waals surface area contributed by atoms with E-state index in [0.29, 0.717) is 29.7 Å². The predicted molar refractivity (Wildman–Crippen MR) is 107 cm³/mol. The molecule has 0 atom stereocenters. The van der Waals surface area contributed by atoms with Crippen LogP contribution in [0.2, 0.25) is 5.02 Å². The Balaban J connectivity index is 1.95. The van der Waals surface area contributed by atoms with Gasteiger partial charge in [0, 0.05) is 51.1 Å². The van der Waals surface area contributed by atoms with Gasteiger partial charge in [0.25, 0.3) is 0 Å². The zero-order chi connectivity index (χ0) is 20.1. The van der Waals surface area contributed by atoms with Gasteiger partial charge in [-0.15, -0.1) is 0 Å². The Labute approximate surface area is 168 Å². The number of benzene rings is 1. The minimum atomic E-state index is -1.23. The van der Waals surface area contributed by atoms with Gasteiger partial charge >= 0.3 is 5.97 Å². The molecule has 0 unspecified atom stereocenters. The number of carbonyl (C=O) groups is 1. The summed E-state index contributed by atoms with van der Waals surface area (Å²) in [5.41, 5.74) is 0.536. The van der Waals surface area contributed by atoms with Crippen LogP contribution in [0.3, 0.4) is 0 Å². The van der Waals surface area contributed by atoms with E-state index in [9.17, 15) is 14.7 Å². The van der Waals surface area contributed by atoms with Crippen molar-refractivity contribution in [3.63, 3.8) is 0 Å². The molecule has 1 N–H and O–H groups in total. The Kier molecular flexibility index (Phi) is 6.59. The Hall–Kier alpha value is -2.51. The minimum absolute atomic E-state index is 0.250. The molecule has 0 aliphatic carbocycles. The lowest BCUT2D eigenvalue weighted by molar-refractivity contribution is 0.0694. The predicted octanol–water partition coefficient (Wildman–Crippen LogP) is 3.01. The summed E-state index contributed by atoms with van der Waals surface area (Å²) < 4.78 is 12.4. The molecule has 1 aliphatic heterocycles. The molecule has 1 saturated heterocycles. The number of halogens is 1. The average Bonchev–Trinajstić information content (AvgIpc) is 3.20. The lowest BCUT2D eigenvalue weighted by Gasteiger charge is -2.25. The maximum absolute atomic E-state index is 12.3. The van der Waals surface area contributed by atoms with Crippen molar-refractivity contribution < 1.29 is 19.4 Å². The van der Waals surface area contributed by atoms with E-state index >= 15 is 0 Å². The van der Waals surface area contributed by atoms with Gasteiger partial charge < -0.3 is 19.6 Å². The van der Waals surface area contributed by atoms with Gasteiger partial charge in [-0.25, -0.2) is 4.79 Å². The Morgan fingerprint density at radius 3 is 2.61 bits per heavy atom. The third-order valence-electron chi connectivity index (χ3n) is 4.63. The molecule has 3 rings (SSSR count). The maximum Gasteiger partial charge on any atom is 0.341 e. The highest BCUT2D eigenvalue weighted by Gasteiger charge is 2.20. The van der Waals surface area contributed by atoms with Crippen LogP contribution in [0.1, 0.15) is 29.6 Å². The highest BCUT2D eigenvalue weighted by Crippen LogP contribution is 2.31. The van der Waals surface area contributed by atoms with E-state index in [1.165, 1.54) is 12.3 Å². The first-order valence-corrected chi connectivity index (χ1v) is 9.56. The van der Waals surface area contributed by atoms with Crippen molar-refractivity contribution in [1.82, 2.24) is 4.68 Å². The molecule has 1 aromatic heterocycles. The van der Waals surface area contributed by atoms with E-state index in [-0.39, 0.29) is 5.56 Å². The van der Waals surface area contributed by atoms with Crippen LogP contribution in [0.4, 0.5) is 0 Å². The number of carboxylic acid groups (broad SMARTS) is 1. The second-order valence-corrected chi connectivity index (χ2v) is 6.99. The van der Waals surface area contributed by atoms with Gasteiger partial charge in [0.15, 0.2) is 5.43 Å². The highest BCUT2D eigenvalue weighted by molar-refractivity contribution is 6.32. The van der Waals surface area contributed by atoms with Crippen LogP contribution < -0.4 is 15.2 Å². The smallest absolute Gasteiger partial charge is 0.341 e. The molecule has 2 aromatic rings. The third-order valence-corrected chi connectivity index (χ3v) is 4.92. The van der Waals surface area contributed by atoms with Gasteiger partial charge in [-0.2, -0.15) is 0 Å². The number of pyridine rings is 1. The fraction of sp³-hybridized carbons (Fsp3) is 0.400. The fourth-order valence-electron chi connectivity index (χ4n) is 3.21. The number of carboxylic acids is 1. The molecule has 0 amide bonds. The lowest BCUT2D eigenvalue weighted by atomic mass is 10.1. The number of hydrogen-bond donors (Lipinski definition) is 1. The van der Waals surface area contributed by atoms with Gasteiger partial charge in [0.1, 0.15) is 11.3 Å². The largest absolute Gasteiger partial charge is 0.492 e. The first-order chi connectivity index (χ1) is 13.5. The van der Waals surface area contributed by atoms with Gasteiger partial charge in [-0.3, -0.25) is 9.47 Å². The van der Waals surface area contributed by atoms with Crippen LogP contribution in [0.15, 0.2) is 35.3 Å². The first kappa shape index (κ1) is 20.2. The molecule has 150 valence electrons. The maximum atomic E-state index is 12.3. The van der Waals surface area contributed by atoms with Crippen LogP contribution in [-0.4, -0.2) is 49.2 Å². The molecular weight excluding hydrogens is 384 g/mol. The van der Waals surface area contributed by atoms with Crippen LogP contribution >= 0.6 is 11.6 Å². The summed E-state index contributed by atoms with van der Waals surface area (Å²) in [6.07, 6.45) is 4.18. The van der Waals surface area contributed by atoms with Crippen LogP contribution in [-0.2, 0) is 4.74 Å². The van der Waals surface area contributed by atoms with E-state index in [4.69, 9.17) is 21.1 Å². The molecular formula is C20H23ClN2O5. The molecule has 1 aliphatic rings. The van der Waals surface area contributed by atoms with Crippen molar-refractivity contribution in [3.8, 4) is 17.0 Å². The fourth-order valence-corrected chi connectivity index (χ4v) is 3.45. The molecule has 7 nitrogen and oxygen atoms in total. The molecule has 0 bridgehead atoms. The summed E-state index contributed by atoms with van der Waals surface area (Å²) >= 11 is 6.37. The SMILES string of the molecule is COCCCOc1ccc(-c2cc(=O)c(C(=O)O)cn2N2CCCC2)cc1Cl. The van der Waals surface area contributed by atoms with E-state index in [0.717, 1.165) is 37.9 Å². The van der Waals surface area contributed by atoms with Crippen LogP contribution in [0.5, 0.6) is 5.75 Å². The minimum Gasteiger partial charge on any atom is -0.492 e. The molecule has 28 heavy (non-hydrogen) atoms. The van der Waals surface area contributed by atoms with Crippen molar-refractivity contribution in [3.05, 3.63) is 51.3 Å². The van der Waals surface area contributed by atoms with E-state index in [1.54, 1.807) is 23.9 Å². The number of methoxy groups -OCH3 is 1. The van der Waals surface area contributed by atoms with Crippen molar-refractivity contribution in [2.75, 3.05) is 38.4 Å². The van der Waals surface area contributed by atoms with E-state index in [1.807, 2.05) is 11.1 Å². The number of aromatic nitrogens is 1. The Morgan fingerprint density at radius 1 is 1.21 bits per heavy atom. The number of hydrogen-bond acceptors (Lipinski definition) is 5. The van der Waals surface area contributed by atoms with Crippen molar-refractivity contribution in [2.45, 2.75) is 19.3 Å². The molecule has 1 fully saturated rings. The standard InChI is InChI=1S/C20H23ClN2O5/c1-27-9-4-10-28-19-6-5-14(11-16(19)21)17-12-18(24)15(20(25)26)13-23(17)22-7-2-3-8-22/h5-6,11-13H,2-4,7-10H2,1H3,(H,25,26). The van der Waals surface area contributed by atoms with E-state index in [2.05, 4.69) is 0 Å². The highest BCUT2D eigenvalue weighted by atomic mass is 35.5. The summed E-state index contributed by atoms with van der Waals surface area (Å²) in [6.45, 7) is 2.68. The summed E-state index contributed by atoms with van der Waals surface area (Å²) in [5, 5.41) is 11.8. The number of nitrogens with zero attached hydrogens (tertiary/aromatic N) is 2. The molecule has 2 heterocycles. The lowest BCUT2D eigenvalue weighted by Crippen LogP contribution is -2.34. The summed E-state index contributed by atoms with van der Waals surface area (Å²) in [7, 11) is 1.64. The number of rotatable bonds is 8. The second-order valence-electron chi connectivity index (χ2n) is 6.59. The summed E-state index contributed by atoms with van der Waals surface area (Å²) in [6, 6.07) is 6.66. The second kappa shape index (κ2) is 9.12. The number of aromatic carboxylic acids is 1. The first-order valence-electron chi connectivity index (χ1n) is 9.18. The van der Waals surface area contributed by atoms with E-state index < -0.39 is 11.4 Å². The zero-order valence-corrected chi connectivity index (χ0v) is 16.4. The normalized spacial score (nSPS) is 13.7. The third kappa shape index (κ3) is 4.48. The molecule has 1 aromatic carbocycles. The Bertz CT molecular complexity index is 906. The van der Waals surface area contributed by atoms with Crippen LogP contribution in [0.25, 0.3) is 11.3 Å². The molecule has 0 radical (unpaired) electrons. The molecule has 0 saturated carbocycles. The summed E-state index contributed by atoms with van der Waals surface area (Å²) in [5.74, 6) is -0.680. The van der Waals surface area contributed by atoms with Gasteiger partial charge in [0.2, 0.25) is 0 Å². The van der Waals surface area contributed by atoms with Gasteiger partial charge in [0.05, 0.1) is 17.3 Å².